The van der Waals surface area contributed by atoms with Crippen molar-refractivity contribution < 1.29 is 18.7 Å². The number of rotatable bonds is 5. The SMILES string of the molecule is COc1ccc(C(=O)C2C(c3ccc(F)cc3)C(C#N)(C#N)C3c4ccccc4C=CN23)cc1OC. The molecule has 3 aromatic carbocycles. The Morgan fingerprint density at radius 1 is 0.972 bits per heavy atom. The average molecular weight is 480 g/mol. The quantitative estimate of drug-likeness (QED) is 0.465. The summed E-state index contributed by atoms with van der Waals surface area (Å²) in [6.07, 6.45) is 3.66. The largest absolute Gasteiger partial charge is 0.493 e. The number of nitriles is 2. The van der Waals surface area contributed by atoms with Gasteiger partial charge in [-0.1, -0.05) is 36.4 Å². The molecule has 7 heteroatoms. The molecule has 0 aliphatic carbocycles. The number of carbonyl (C=O) groups excluding carboxylic acids is 1. The highest BCUT2D eigenvalue weighted by Crippen LogP contribution is 2.60. The van der Waals surface area contributed by atoms with Crippen LogP contribution in [0.5, 0.6) is 11.5 Å². The van der Waals surface area contributed by atoms with Crippen LogP contribution in [0, 0.1) is 33.9 Å². The van der Waals surface area contributed by atoms with E-state index in [0.717, 1.165) is 11.1 Å². The molecule has 0 spiro atoms. The minimum Gasteiger partial charge on any atom is -0.493 e. The highest BCUT2D eigenvalue weighted by atomic mass is 19.1. The van der Waals surface area contributed by atoms with Gasteiger partial charge in [-0.05, 0) is 53.1 Å². The maximum Gasteiger partial charge on any atom is 0.186 e. The van der Waals surface area contributed by atoms with Gasteiger partial charge in [0.05, 0.1) is 32.4 Å². The summed E-state index contributed by atoms with van der Waals surface area (Å²) in [4.78, 5) is 16.0. The normalized spacial score (nSPS) is 21.0. The molecule has 0 radical (unpaired) electrons. The number of methoxy groups -OCH3 is 2. The Balaban J connectivity index is 1.74. The Bertz CT molecular complexity index is 1440. The topological polar surface area (TPSA) is 86.3 Å². The van der Waals surface area contributed by atoms with Gasteiger partial charge in [0.2, 0.25) is 0 Å². The van der Waals surface area contributed by atoms with E-state index in [1.165, 1.54) is 26.4 Å². The van der Waals surface area contributed by atoms with Gasteiger partial charge in [-0.15, -0.1) is 0 Å². The number of Topliss-reactive ketones (excluding diaryl/α,β-unsaturated/α-hetero) is 1. The zero-order chi connectivity index (χ0) is 25.4. The predicted molar refractivity (Wildman–Crippen MR) is 131 cm³/mol. The first-order valence-corrected chi connectivity index (χ1v) is 11.4. The average Bonchev–Trinajstić information content (AvgIpc) is 3.23. The summed E-state index contributed by atoms with van der Waals surface area (Å²) in [5.74, 6) is -0.714. The lowest BCUT2D eigenvalue weighted by atomic mass is 9.67. The molecule has 1 fully saturated rings. The Morgan fingerprint density at radius 3 is 2.33 bits per heavy atom. The van der Waals surface area contributed by atoms with Crippen molar-refractivity contribution in [2.45, 2.75) is 18.0 Å². The van der Waals surface area contributed by atoms with Gasteiger partial charge in [0, 0.05) is 17.7 Å². The number of halogens is 1. The third-order valence-corrected chi connectivity index (χ3v) is 7.11. The lowest BCUT2D eigenvalue weighted by Gasteiger charge is -2.34. The highest BCUT2D eigenvalue weighted by Gasteiger charge is 2.63. The smallest absolute Gasteiger partial charge is 0.186 e. The van der Waals surface area contributed by atoms with Crippen molar-refractivity contribution in [2.24, 2.45) is 5.41 Å². The molecule has 0 saturated carbocycles. The first-order chi connectivity index (χ1) is 17.5. The molecular weight excluding hydrogens is 457 g/mol. The van der Waals surface area contributed by atoms with E-state index in [1.807, 2.05) is 35.2 Å². The summed E-state index contributed by atoms with van der Waals surface area (Å²) in [6, 6.07) is 21.0. The number of fused-ring (bicyclic) bond motifs is 3. The molecule has 36 heavy (non-hydrogen) atoms. The Hall–Kier alpha value is -4.62. The third-order valence-electron chi connectivity index (χ3n) is 7.11. The van der Waals surface area contributed by atoms with E-state index in [9.17, 15) is 19.7 Å². The van der Waals surface area contributed by atoms with Gasteiger partial charge in [-0.2, -0.15) is 10.5 Å². The van der Waals surface area contributed by atoms with Gasteiger partial charge >= 0.3 is 0 Å². The van der Waals surface area contributed by atoms with Crippen molar-refractivity contribution in [2.75, 3.05) is 14.2 Å². The second-order valence-electron chi connectivity index (χ2n) is 8.80. The summed E-state index contributed by atoms with van der Waals surface area (Å²) in [6.45, 7) is 0. The predicted octanol–water partition coefficient (Wildman–Crippen LogP) is 5.25. The summed E-state index contributed by atoms with van der Waals surface area (Å²) >= 11 is 0. The fourth-order valence-electron chi connectivity index (χ4n) is 5.50. The molecular formula is C29H22FN3O3. The molecule has 3 aromatic rings. The van der Waals surface area contributed by atoms with Gasteiger partial charge in [0.25, 0.3) is 0 Å². The van der Waals surface area contributed by atoms with E-state index < -0.39 is 29.2 Å². The van der Waals surface area contributed by atoms with Crippen LogP contribution in [-0.2, 0) is 0 Å². The fraction of sp³-hybridized carbons (Fsp3) is 0.207. The maximum atomic E-state index is 14.2. The summed E-state index contributed by atoms with van der Waals surface area (Å²) in [5, 5.41) is 21.1. The van der Waals surface area contributed by atoms with Crippen LogP contribution in [0.3, 0.4) is 0 Å². The first-order valence-electron chi connectivity index (χ1n) is 11.4. The number of nitrogens with zero attached hydrogens (tertiary/aromatic N) is 3. The Kier molecular flexibility index (Phi) is 5.70. The lowest BCUT2D eigenvalue weighted by Crippen LogP contribution is -2.37. The zero-order valence-electron chi connectivity index (χ0n) is 19.7. The molecule has 2 heterocycles. The van der Waals surface area contributed by atoms with Crippen LogP contribution in [0.2, 0.25) is 0 Å². The monoisotopic (exact) mass is 479 g/mol. The number of hydrogen-bond acceptors (Lipinski definition) is 6. The van der Waals surface area contributed by atoms with Crippen LogP contribution in [0.1, 0.15) is 39.0 Å². The summed E-state index contributed by atoms with van der Waals surface area (Å²) in [5.41, 5.74) is 0.944. The highest BCUT2D eigenvalue weighted by molar-refractivity contribution is 6.02. The molecule has 5 rings (SSSR count). The van der Waals surface area contributed by atoms with E-state index in [0.29, 0.717) is 22.6 Å². The van der Waals surface area contributed by atoms with Crippen LogP contribution in [-0.4, -0.2) is 30.9 Å². The molecule has 0 aromatic heterocycles. The third kappa shape index (κ3) is 3.32. The Morgan fingerprint density at radius 2 is 1.67 bits per heavy atom. The second-order valence-corrected chi connectivity index (χ2v) is 8.80. The van der Waals surface area contributed by atoms with Crippen molar-refractivity contribution in [1.82, 2.24) is 4.90 Å². The van der Waals surface area contributed by atoms with E-state index in [4.69, 9.17) is 9.47 Å². The van der Waals surface area contributed by atoms with Crippen molar-refractivity contribution >= 4 is 11.9 Å². The van der Waals surface area contributed by atoms with Gasteiger partial charge < -0.3 is 14.4 Å². The number of hydrogen-bond donors (Lipinski definition) is 0. The Labute approximate surface area is 208 Å². The molecule has 0 N–H and O–H groups in total. The van der Waals surface area contributed by atoms with Gasteiger partial charge in [-0.3, -0.25) is 4.79 Å². The molecule has 0 amide bonds. The van der Waals surface area contributed by atoms with E-state index in [2.05, 4.69) is 12.1 Å². The van der Waals surface area contributed by atoms with Crippen molar-refractivity contribution in [1.29, 1.82) is 10.5 Å². The molecule has 3 unspecified atom stereocenters. The minimum absolute atomic E-state index is 0.285. The van der Waals surface area contributed by atoms with Gasteiger partial charge in [-0.25, -0.2) is 4.39 Å². The number of ether oxygens (including phenoxy) is 2. The minimum atomic E-state index is -1.62. The number of benzene rings is 3. The van der Waals surface area contributed by atoms with Crippen LogP contribution in [0.15, 0.2) is 72.9 Å². The van der Waals surface area contributed by atoms with Crippen LogP contribution in [0.4, 0.5) is 4.39 Å². The van der Waals surface area contributed by atoms with E-state index >= 15 is 0 Å². The van der Waals surface area contributed by atoms with Crippen molar-refractivity contribution in [3.05, 3.63) is 101 Å². The van der Waals surface area contributed by atoms with Gasteiger partial charge in [0.1, 0.15) is 11.9 Å². The number of ketones is 1. The first kappa shape index (κ1) is 23.1. The van der Waals surface area contributed by atoms with Crippen LogP contribution in [0.25, 0.3) is 6.08 Å². The second kappa shape index (κ2) is 8.87. The van der Waals surface area contributed by atoms with E-state index in [-0.39, 0.29) is 5.78 Å². The molecule has 1 saturated heterocycles. The van der Waals surface area contributed by atoms with Crippen molar-refractivity contribution in [3.8, 4) is 23.6 Å². The van der Waals surface area contributed by atoms with E-state index in [1.54, 1.807) is 36.5 Å². The summed E-state index contributed by atoms with van der Waals surface area (Å²) < 4.78 is 24.6. The fourth-order valence-corrected chi connectivity index (χ4v) is 5.50. The van der Waals surface area contributed by atoms with Crippen LogP contribution >= 0.6 is 0 Å². The van der Waals surface area contributed by atoms with Gasteiger partial charge in [0.15, 0.2) is 22.7 Å². The maximum absolute atomic E-state index is 14.2. The lowest BCUT2D eigenvalue weighted by molar-refractivity contribution is 0.0874. The molecule has 0 bridgehead atoms. The molecule has 6 nitrogen and oxygen atoms in total. The molecule has 2 aliphatic heterocycles. The van der Waals surface area contributed by atoms with Crippen molar-refractivity contribution in [3.63, 3.8) is 0 Å². The molecule has 2 aliphatic rings. The summed E-state index contributed by atoms with van der Waals surface area (Å²) in [7, 11) is 3.00. The van der Waals surface area contributed by atoms with Crippen LogP contribution < -0.4 is 9.47 Å². The standard InChI is InChI=1S/C29H22FN3O3/c1-35-23-12-9-20(15-24(23)36-2)27(34)26-25(19-7-10-21(30)11-8-19)29(16-31,17-32)28-22-6-4-3-5-18(22)13-14-33(26)28/h3-15,25-26,28H,1-2H3. The zero-order valence-corrected chi connectivity index (χ0v) is 19.7. The molecule has 3 atom stereocenters. The number of carbonyl (C=O) groups is 1. The molecule has 178 valence electrons.